The van der Waals surface area contributed by atoms with Crippen LogP contribution in [-0.4, -0.2) is 13.1 Å². The van der Waals surface area contributed by atoms with Crippen molar-refractivity contribution in [3.8, 4) is 0 Å². The van der Waals surface area contributed by atoms with Crippen molar-refractivity contribution >= 4 is 0 Å². The zero-order valence-corrected chi connectivity index (χ0v) is 22.3. The molecule has 4 fully saturated rings. The Bertz CT molecular complexity index is 622. The molecule has 4 aliphatic rings. The summed E-state index contributed by atoms with van der Waals surface area (Å²) < 4.78 is 0. The minimum atomic E-state index is 0.386. The first-order valence-corrected chi connectivity index (χ1v) is 14.1. The van der Waals surface area contributed by atoms with Gasteiger partial charge in [-0.3, -0.25) is 0 Å². The molecule has 0 aliphatic heterocycles. The number of fused-ring (bicyclic) bond motifs is 5. The van der Waals surface area contributed by atoms with Crippen LogP contribution >= 0.6 is 0 Å². The number of rotatable bonds is 6. The Balaban J connectivity index is 1.50. The van der Waals surface area contributed by atoms with E-state index in [1.807, 2.05) is 0 Å². The van der Waals surface area contributed by atoms with Gasteiger partial charge in [-0.25, -0.2) is 5.32 Å². The largest absolute Gasteiger partial charge is 0.241 e. The highest BCUT2D eigenvalue weighted by Crippen LogP contribution is 2.70. The number of nitrogens with zero attached hydrogens (tertiary/aromatic N) is 1. The Morgan fingerprint density at radius 2 is 1.45 bits per heavy atom. The van der Waals surface area contributed by atoms with Crippen LogP contribution in [0.3, 0.4) is 0 Å². The maximum absolute atomic E-state index is 4.86. The van der Waals surface area contributed by atoms with Gasteiger partial charge in [-0.15, -0.1) is 0 Å². The van der Waals surface area contributed by atoms with Gasteiger partial charge in [-0.05, 0) is 109 Å². The van der Waals surface area contributed by atoms with Gasteiger partial charge in [0.1, 0.15) is 0 Å². The molecule has 4 rings (SSSR count). The lowest BCUT2D eigenvalue weighted by Gasteiger charge is -2.65. The van der Waals surface area contributed by atoms with Crippen molar-refractivity contribution in [1.82, 2.24) is 5.32 Å². The topological polar surface area (TPSA) is 14.1 Å². The highest BCUT2D eigenvalue weighted by Gasteiger charge is 2.63. The van der Waals surface area contributed by atoms with Crippen LogP contribution in [-0.2, 0) is 0 Å². The van der Waals surface area contributed by atoms with E-state index in [0.29, 0.717) is 22.3 Å². The molecule has 1 radical (unpaired) electrons. The molecule has 0 aromatic carbocycles. The van der Waals surface area contributed by atoms with Gasteiger partial charge in [0, 0.05) is 13.1 Å². The quantitative estimate of drug-likeness (QED) is 0.403. The fourth-order valence-electron chi connectivity index (χ4n) is 10.6. The van der Waals surface area contributed by atoms with E-state index in [-0.39, 0.29) is 0 Å². The van der Waals surface area contributed by atoms with Crippen LogP contribution < -0.4 is 5.32 Å². The van der Waals surface area contributed by atoms with Crippen LogP contribution in [0.2, 0.25) is 0 Å². The fourth-order valence-corrected chi connectivity index (χ4v) is 10.6. The van der Waals surface area contributed by atoms with Crippen molar-refractivity contribution in [1.29, 1.82) is 0 Å². The third-order valence-corrected chi connectivity index (χ3v) is 12.1. The minimum Gasteiger partial charge on any atom is -0.241 e. The van der Waals surface area contributed by atoms with Crippen LogP contribution in [0, 0.1) is 57.7 Å². The van der Waals surface area contributed by atoms with Crippen LogP contribution in [0.15, 0.2) is 0 Å². The monoisotopic (exact) mass is 428 g/mol. The molecule has 1 nitrogen and oxygen atoms in total. The molecule has 4 aliphatic carbocycles. The Morgan fingerprint density at radius 1 is 0.774 bits per heavy atom. The molecule has 0 saturated heterocycles. The second-order valence-corrected chi connectivity index (χ2v) is 14.2. The van der Waals surface area contributed by atoms with Crippen LogP contribution in [0.25, 0.3) is 0 Å². The summed E-state index contributed by atoms with van der Waals surface area (Å²) in [5.74, 6) is 6.67. The lowest BCUT2D eigenvalue weighted by molar-refractivity contribution is -0.155. The predicted molar refractivity (Wildman–Crippen MR) is 134 cm³/mol. The van der Waals surface area contributed by atoms with E-state index in [4.69, 9.17) is 5.32 Å². The van der Waals surface area contributed by atoms with Gasteiger partial charge in [-0.1, -0.05) is 67.7 Å². The van der Waals surface area contributed by atoms with E-state index >= 15 is 0 Å². The summed E-state index contributed by atoms with van der Waals surface area (Å²) in [4.78, 5) is 0. The van der Waals surface area contributed by atoms with Gasteiger partial charge in [0.2, 0.25) is 0 Å². The van der Waals surface area contributed by atoms with Gasteiger partial charge in [-0.2, -0.15) is 0 Å². The Hall–Kier alpha value is -0.0400. The van der Waals surface area contributed by atoms with Gasteiger partial charge < -0.3 is 0 Å². The second-order valence-electron chi connectivity index (χ2n) is 14.2. The van der Waals surface area contributed by atoms with Crippen molar-refractivity contribution in [3.63, 3.8) is 0 Å². The van der Waals surface area contributed by atoms with Gasteiger partial charge >= 0.3 is 0 Å². The molecule has 0 spiro atoms. The summed E-state index contributed by atoms with van der Waals surface area (Å²) in [5, 5.41) is 4.86. The standard InChI is InChI=1S/C30H54N/c1-20(2)10-9-11-21(3)23-13-14-24-22-12-15-26-28(4,5)27(31-8)17-19-30(26,7)25(22)16-18-29(23,24)6/h20-27H,9-19H2,1-8H3. The van der Waals surface area contributed by atoms with Crippen LogP contribution in [0.5, 0.6) is 0 Å². The fraction of sp³-hybridized carbons (Fsp3) is 1.00. The molecule has 9 atom stereocenters. The third kappa shape index (κ3) is 3.85. The molecule has 4 saturated carbocycles. The molecule has 0 amide bonds. The van der Waals surface area contributed by atoms with E-state index in [2.05, 4.69) is 55.5 Å². The van der Waals surface area contributed by atoms with E-state index in [9.17, 15) is 0 Å². The first-order chi connectivity index (χ1) is 14.6. The molecule has 1 heteroatoms. The number of hydrogen-bond donors (Lipinski definition) is 0. The molecule has 9 unspecified atom stereocenters. The van der Waals surface area contributed by atoms with Crippen molar-refractivity contribution in [2.45, 2.75) is 125 Å². The maximum atomic E-state index is 4.86. The van der Waals surface area contributed by atoms with Crippen molar-refractivity contribution < 1.29 is 0 Å². The molecular formula is C30H54N. The molecule has 0 bridgehead atoms. The SMILES string of the molecule is C[N]C1CCC2(C)C3CCC4(C)C(C(C)CCCC(C)C)CCC4C3CCC2C1(C)C. The summed E-state index contributed by atoms with van der Waals surface area (Å²) >= 11 is 0. The Kier molecular flexibility index (Phi) is 6.71. The molecule has 0 heterocycles. The van der Waals surface area contributed by atoms with Crippen LogP contribution in [0.1, 0.15) is 119 Å². The normalized spacial score (nSPS) is 47.5. The van der Waals surface area contributed by atoms with Gasteiger partial charge in [0.15, 0.2) is 0 Å². The number of hydrogen-bond acceptors (Lipinski definition) is 0. The van der Waals surface area contributed by atoms with Gasteiger partial charge in [0.25, 0.3) is 0 Å². The first kappa shape index (κ1) is 24.1. The lowest BCUT2D eigenvalue weighted by Crippen LogP contribution is -2.60. The van der Waals surface area contributed by atoms with E-state index in [1.165, 1.54) is 70.6 Å². The summed E-state index contributed by atoms with van der Waals surface area (Å²) in [6.07, 6.45) is 16.2. The predicted octanol–water partition coefficient (Wildman–Crippen LogP) is 8.35. The van der Waals surface area contributed by atoms with E-state index < -0.39 is 0 Å². The summed E-state index contributed by atoms with van der Waals surface area (Å²) in [5.41, 5.74) is 1.58. The Morgan fingerprint density at radius 3 is 2.13 bits per heavy atom. The molecule has 179 valence electrons. The minimum absolute atomic E-state index is 0.386. The summed E-state index contributed by atoms with van der Waals surface area (Å²) in [7, 11) is 2.08. The summed E-state index contributed by atoms with van der Waals surface area (Å²) in [6, 6.07) is 0.582. The average Bonchev–Trinajstić information content (AvgIpc) is 3.04. The van der Waals surface area contributed by atoms with Crippen molar-refractivity contribution in [2.24, 2.45) is 57.7 Å². The molecule has 0 aromatic rings. The zero-order valence-electron chi connectivity index (χ0n) is 22.3. The third-order valence-electron chi connectivity index (χ3n) is 12.1. The lowest BCUT2D eigenvalue weighted by atomic mass is 9.40. The van der Waals surface area contributed by atoms with E-state index in [0.717, 1.165) is 41.4 Å². The second kappa shape index (κ2) is 8.63. The summed E-state index contributed by atoms with van der Waals surface area (Å²) in [6.45, 7) is 18.0. The van der Waals surface area contributed by atoms with Crippen molar-refractivity contribution in [3.05, 3.63) is 0 Å². The Labute approximate surface area is 195 Å². The van der Waals surface area contributed by atoms with Crippen molar-refractivity contribution in [2.75, 3.05) is 7.05 Å². The molecule has 0 N–H and O–H groups in total. The maximum Gasteiger partial charge on any atom is 0.0296 e. The highest BCUT2D eigenvalue weighted by atomic mass is 14.9. The van der Waals surface area contributed by atoms with Crippen LogP contribution in [0.4, 0.5) is 0 Å². The highest BCUT2D eigenvalue weighted by molar-refractivity contribution is 5.13. The zero-order chi connectivity index (χ0) is 22.6. The smallest absolute Gasteiger partial charge is 0.0296 e. The van der Waals surface area contributed by atoms with Gasteiger partial charge in [0.05, 0.1) is 0 Å². The molecular weight excluding hydrogens is 374 g/mol. The molecule has 31 heavy (non-hydrogen) atoms. The van der Waals surface area contributed by atoms with E-state index in [1.54, 1.807) is 0 Å². The first-order valence-electron chi connectivity index (χ1n) is 14.1. The molecule has 0 aromatic heterocycles. The average molecular weight is 429 g/mol.